The van der Waals surface area contributed by atoms with Gasteiger partial charge >= 0.3 is 13.8 Å². The van der Waals surface area contributed by atoms with E-state index >= 15 is 0 Å². The van der Waals surface area contributed by atoms with Crippen molar-refractivity contribution in [2.24, 2.45) is 0 Å². The SMILES string of the molecule is CCCCCCCCCCCCN(C)CC12OP(=O)(O1)O2. The van der Waals surface area contributed by atoms with Crippen LogP contribution in [0, 0.1) is 0 Å². The molecule has 2 bridgehead atoms. The molecule has 3 aliphatic heterocycles. The van der Waals surface area contributed by atoms with Crippen LogP contribution >= 0.6 is 7.82 Å². The molecular weight excluding hydrogens is 289 g/mol. The van der Waals surface area contributed by atoms with Crippen LogP contribution in [0.4, 0.5) is 0 Å². The Hall–Kier alpha value is 0.0700. The van der Waals surface area contributed by atoms with Crippen LogP contribution in [0.3, 0.4) is 0 Å². The maximum absolute atomic E-state index is 11.1. The smallest absolute Gasteiger partial charge is 0.299 e. The van der Waals surface area contributed by atoms with E-state index in [1.54, 1.807) is 0 Å². The number of rotatable bonds is 13. The summed E-state index contributed by atoms with van der Waals surface area (Å²) < 4.78 is 26.2. The maximum atomic E-state index is 11.1. The molecule has 0 radical (unpaired) electrons. The van der Waals surface area contributed by atoms with Crippen molar-refractivity contribution in [2.45, 2.75) is 77.1 Å². The van der Waals surface area contributed by atoms with Gasteiger partial charge in [0.15, 0.2) is 0 Å². The highest BCUT2D eigenvalue weighted by atomic mass is 31.2. The van der Waals surface area contributed by atoms with Crippen LogP contribution in [0.25, 0.3) is 0 Å². The molecule has 0 aromatic carbocycles. The number of nitrogens with zero attached hydrogens (tertiary/aromatic N) is 1. The topological polar surface area (TPSA) is 48.0 Å². The number of phosphoric acid groups is 1. The van der Waals surface area contributed by atoms with Crippen LogP contribution in [0.15, 0.2) is 0 Å². The molecule has 124 valence electrons. The van der Waals surface area contributed by atoms with E-state index in [0.717, 1.165) is 6.54 Å². The van der Waals surface area contributed by atoms with Crippen LogP contribution in [0.5, 0.6) is 0 Å². The summed E-state index contributed by atoms with van der Waals surface area (Å²) in [7, 11) is -1.01. The van der Waals surface area contributed by atoms with E-state index in [-0.39, 0.29) is 0 Å². The fourth-order valence-electron chi connectivity index (χ4n) is 2.90. The standard InChI is InChI=1S/C15H30NO4P/c1-3-4-5-6-7-8-9-10-11-12-13-16(2)14-15-18-21(17,19-15)20-15/h3-14H2,1-2H3. The lowest BCUT2D eigenvalue weighted by Crippen LogP contribution is -2.62. The van der Waals surface area contributed by atoms with E-state index in [2.05, 4.69) is 11.8 Å². The van der Waals surface area contributed by atoms with Crippen molar-refractivity contribution in [3.8, 4) is 0 Å². The highest BCUT2D eigenvalue weighted by Gasteiger charge is 2.74. The summed E-state index contributed by atoms with van der Waals surface area (Å²) in [6.45, 7) is 3.79. The minimum atomic E-state index is -3.03. The molecule has 3 fully saturated rings. The van der Waals surface area contributed by atoms with E-state index in [4.69, 9.17) is 13.6 Å². The third-order valence-corrected chi connectivity index (χ3v) is 5.61. The summed E-state index contributed by atoms with van der Waals surface area (Å²) in [6.07, 6.45) is 13.4. The van der Waals surface area contributed by atoms with Gasteiger partial charge in [-0.3, -0.25) is 4.90 Å². The Balaban J connectivity index is 1.34. The van der Waals surface area contributed by atoms with E-state index in [0.29, 0.717) is 6.54 Å². The van der Waals surface area contributed by atoms with Gasteiger partial charge in [0.1, 0.15) is 0 Å². The zero-order valence-corrected chi connectivity index (χ0v) is 14.4. The fourth-order valence-corrected chi connectivity index (χ4v) is 4.13. The van der Waals surface area contributed by atoms with Crippen molar-refractivity contribution in [1.29, 1.82) is 0 Å². The normalized spacial score (nSPS) is 30.2. The molecule has 0 aromatic heterocycles. The Morgan fingerprint density at radius 1 is 0.857 bits per heavy atom. The molecule has 3 heterocycles. The molecular formula is C15H30NO4P. The minimum absolute atomic E-state index is 0.536. The molecule has 5 nitrogen and oxygen atoms in total. The molecule has 6 heteroatoms. The molecule has 0 atom stereocenters. The van der Waals surface area contributed by atoms with Crippen molar-refractivity contribution in [1.82, 2.24) is 4.90 Å². The van der Waals surface area contributed by atoms with Crippen molar-refractivity contribution in [3.63, 3.8) is 0 Å². The highest BCUT2D eigenvalue weighted by Crippen LogP contribution is 2.79. The van der Waals surface area contributed by atoms with Gasteiger partial charge in [0.25, 0.3) is 0 Å². The molecule has 0 aliphatic carbocycles. The number of hydrogen-bond acceptors (Lipinski definition) is 5. The van der Waals surface area contributed by atoms with Gasteiger partial charge in [-0.15, -0.1) is 0 Å². The van der Waals surface area contributed by atoms with E-state index in [1.807, 2.05) is 7.05 Å². The first kappa shape index (κ1) is 17.4. The Labute approximate surface area is 128 Å². The first-order valence-corrected chi connectivity index (χ1v) is 9.94. The molecule has 0 aromatic rings. The third-order valence-electron chi connectivity index (χ3n) is 4.11. The molecule has 3 saturated heterocycles. The molecule has 0 N–H and O–H groups in total. The van der Waals surface area contributed by atoms with Crippen molar-refractivity contribution in [3.05, 3.63) is 0 Å². The zero-order valence-electron chi connectivity index (χ0n) is 13.5. The Kier molecular flexibility index (Phi) is 6.70. The highest BCUT2D eigenvalue weighted by molar-refractivity contribution is 7.51. The number of hydrogen-bond donors (Lipinski definition) is 0. The monoisotopic (exact) mass is 319 g/mol. The van der Waals surface area contributed by atoms with Crippen molar-refractivity contribution >= 4 is 7.82 Å². The minimum Gasteiger partial charge on any atom is -0.299 e. The van der Waals surface area contributed by atoms with Gasteiger partial charge < -0.3 is 0 Å². The lowest BCUT2D eigenvalue weighted by atomic mass is 10.1. The third kappa shape index (κ3) is 5.33. The van der Waals surface area contributed by atoms with Crippen LogP contribution in [0.1, 0.15) is 71.1 Å². The van der Waals surface area contributed by atoms with Crippen molar-refractivity contribution in [2.75, 3.05) is 20.1 Å². The van der Waals surface area contributed by atoms with Crippen LogP contribution in [0.2, 0.25) is 0 Å². The van der Waals surface area contributed by atoms with Crippen LogP contribution < -0.4 is 0 Å². The largest absolute Gasteiger partial charge is 0.488 e. The molecule has 3 aliphatic rings. The summed E-state index contributed by atoms with van der Waals surface area (Å²) in [5.41, 5.74) is 0. The average molecular weight is 319 g/mol. The Morgan fingerprint density at radius 3 is 1.81 bits per heavy atom. The molecule has 0 unspecified atom stereocenters. The van der Waals surface area contributed by atoms with E-state index < -0.39 is 13.8 Å². The Morgan fingerprint density at radius 2 is 1.33 bits per heavy atom. The fraction of sp³-hybridized carbons (Fsp3) is 1.00. The molecule has 0 spiro atoms. The van der Waals surface area contributed by atoms with Crippen LogP contribution in [-0.2, 0) is 18.1 Å². The van der Waals surface area contributed by atoms with Gasteiger partial charge in [-0.1, -0.05) is 64.7 Å². The van der Waals surface area contributed by atoms with Gasteiger partial charge in [-0.05, 0) is 20.0 Å². The summed E-state index contributed by atoms with van der Waals surface area (Å²) in [5, 5.41) is 0. The number of phosphoric ester groups is 1. The van der Waals surface area contributed by atoms with E-state index in [1.165, 1.54) is 64.2 Å². The molecule has 0 saturated carbocycles. The Bertz CT molecular complexity index is 337. The number of unbranched alkanes of at least 4 members (excludes halogenated alkanes) is 9. The first-order chi connectivity index (χ1) is 10.1. The molecule has 3 rings (SSSR count). The average Bonchev–Trinajstić information content (AvgIpc) is 2.38. The lowest BCUT2D eigenvalue weighted by molar-refractivity contribution is -0.430. The number of likely N-dealkylation sites (N-methyl/N-ethyl adjacent to an activating group) is 1. The zero-order chi connectivity index (χ0) is 15.2. The second-order valence-corrected chi connectivity index (χ2v) is 7.77. The quantitative estimate of drug-likeness (QED) is 0.364. The van der Waals surface area contributed by atoms with Gasteiger partial charge in [-0.2, -0.15) is 0 Å². The second kappa shape index (κ2) is 8.07. The summed E-state index contributed by atoms with van der Waals surface area (Å²) in [5.74, 6) is -0.997. The lowest BCUT2D eigenvalue weighted by Gasteiger charge is -2.56. The summed E-state index contributed by atoms with van der Waals surface area (Å²) in [6, 6.07) is 0. The molecule has 0 amide bonds. The summed E-state index contributed by atoms with van der Waals surface area (Å²) >= 11 is 0. The first-order valence-electron chi connectivity index (χ1n) is 8.48. The summed E-state index contributed by atoms with van der Waals surface area (Å²) in [4.78, 5) is 2.12. The van der Waals surface area contributed by atoms with Gasteiger partial charge in [0, 0.05) is 0 Å². The van der Waals surface area contributed by atoms with Gasteiger partial charge in [-0.25, -0.2) is 18.1 Å². The molecule has 21 heavy (non-hydrogen) atoms. The maximum Gasteiger partial charge on any atom is 0.488 e. The van der Waals surface area contributed by atoms with Crippen LogP contribution in [-0.4, -0.2) is 31.0 Å². The van der Waals surface area contributed by atoms with Gasteiger partial charge in [0.2, 0.25) is 0 Å². The predicted molar refractivity (Wildman–Crippen MR) is 82.9 cm³/mol. The van der Waals surface area contributed by atoms with Gasteiger partial charge in [0.05, 0.1) is 6.54 Å². The van der Waals surface area contributed by atoms with Crippen molar-refractivity contribution < 1.29 is 18.1 Å². The van der Waals surface area contributed by atoms with E-state index in [9.17, 15) is 4.57 Å². The predicted octanol–water partition coefficient (Wildman–Crippen LogP) is 4.68. The second-order valence-electron chi connectivity index (χ2n) is 6.32.